The number of hydrogen-bond acceptors (Lipinski definition) is 4. The minimum atomic E-state index is -4.51. The predicted octanol–water partition coefficient (Wildman–Crippen LogP) is 4.19. The van der Waals surface area contributed by atoms with Crippen molar-refractivity contribution in [2.45, 2.75) is 12.6 Å². The molecular weight excluding hydrogens is 440 g/mol. The number of nitrogens with zero attached hydrogens (tertiary/aromatic N) is 3. The average Bonchev–Trinajstić information content (AvgIpc) is 2.74. The molecular formula is C20H21ClF4N4O2. The van der Waals surface area contributed by atoms with E-state index in [1.165, 1.54) is 12.1 Å². The van der Waals surface area contributed by atoms with Crippen LogP contribution in [0.5, 0.6) is 5.75 Å². The fraction of sp³-hybridized carbons (Fsp3) is 0.400. The zero-order chi connectivity index (χ0) is 22.4. The lowest BCUT2D eigenvalue weighted by molar-refractivity contribution is -0.137. The molecule has 1 aromatic carbocycles. The number of hydrogen-bond donors (Lipinski definition) is 1. The summed E-state index contributed by atoms with van der Waals surface area (Å²) in [5.74, 6) is -0.00690. The number of urea groups is 1. The van der Waals surface area contributed by atoms with Crippen LogP contribution in [0, 0.1) is 5.82 Å². The van der Waals surface area contributed by atoms with Crippen molar-refractivity contribution in [1.29, 1.82) is 0 Å². The molecule has 3 rings (SSSR count). The third-order valence-corrected chi connectivity index (χ3v) is 4.99. The number of halogens is 5. The second-order valence-electron chi connectivity index (χ2n) is 6.87. The lowest BCUT2D eigenvalue weighted by atomic mass is 10.2. The van der Waals surface area contributed by atoms with E-state index in [9.17, 15) is 22.4 Å². The van der Waals surface area contributed by atoms with Crippen LogP contribution in [0.2, 0.25) is 5.02 Å². The van der Waals surface area contributed by atoms with Crippen LogP contribution in [-0.2, 0) is 6.18 Å². The van der Waals surface area contributed by atoms with Gasteiger partial charge in [0.05, 0.1) is 17.2 Å². The topological polar surface area (TPSA) is 57.7 Å². The van der Waals surface area contributed by atoms with Crippen molar-refractivity contribution in [2.24, 2.45) is 0 Å². The van der Waals surface area contributed by atoms with Crippen LogP contribution in [0.4, 0.5) is 28.2 Å². The molecule has 0 atom stereocenters. The molecule has 11 heteroatoms. The highest BCUT2D eigenvalue weighted by atomic mass is 35.5. The SMILES string of the molecule is O=C(NCCCOc1ccccc1F)N1CCN(c2ncc(C(F)(F)F)cc2Cl)CC1. The van der Waals surface area contributed by atoms with E-state index in [0.29, 0.717) is 39.1 Å². The first-order valence-electron chi connectivity index (χ1n) is 9.63. The molecule has 0 bridgehead atoms. The van der Waals surface area contributed by atoms with Crippen LogP contribution in [0.15, 0.2) is 36.5 Å². The van der Waals surface area contributed by atoms with Gasteiger partial charge in [-0.05, 0) is 24.6 Å². The normalized spacial score (nSPS) is 14.5. The Morgan fingerprint density at radius 1 is 1.19 bits per heavy atom. The number of piperazine rings is 1. The van der Waals surface area contributed by atoms with Gasteiger partial charge in [0.15, 0.2) is 11.6 Å². The van der Waals surface area contributed by atoms with E-state index in [1.807, 2.05) is 0 Å². The lowest BCUT2D eigenvalue weighted by Gasteiger charge is -2.35. The van der Waals surface area contributed by atoms with E-state index in [0.717, 1.165) is 12.3 Å². The highest BCUT2D eigenvalue weighted by Gasteiger charge is 2.32. The molecule has 0 aliphatic carbocycles. The molecule has 6 nitrogen and oxygen atoms in total. The second kappa shape index (κ2) is 10.0. The van der Waals surface area contributed by atoms with Gasteiger partial charge in [0.2, 0.25) is 0 Å². The van der Waals surface area contributed by atoms with Crippen molar-refractivity contribution < 1.29 is 27.1 Å². The molecule has 1 saturated heterocycles. The quantitative estimate of drug-likeness (QED) is 0.518. The van der Waals surface area contributed by atoms with Gasteiger partial charge < -0.3 is 19.9 Å². The Bertz CT molecular complexity index is 905. The fourth-order valence-electron chi connectivity index (χ4n) is 3.06. The summed E-state index contributed by atoms with van der Waals surface area (Å²) in [6.45, 7) is 2.14. The van der Waals surface area contributed by atoms with E-state index >= 15 is 0 Å². The number of nitrogens with one attached hydrogen (secondary N) is 1. The Morgan fingerprint density at radius 3 is 2.55 bits per heavy atom. The van der Waals surface area contributed by atoms with Crippen LogP contribution < -0.4 is 15.0 Å². The number of pyridine rings is 1. The molecule has 1 aliphatic heterocycles. The van der Waals surface area contributed by atoms with E-state index < -0.39 is 17.6 Å². The van der Waals surface area contributed by atoms with Crippen molar-refractivity contribution in [2.75, 3.05) is 44.2 Å². The first-order chi connectivity index (χ1) is 14.8. The Labute approximate surface area is 181 Å². The summed E-state index contributed by atoms with van der Waals surface area (Å²) in [5.41, 5.74) is -0.904. The smallest absolute Gasteiger partial charge is 0.417 e. The summed E-state index contributed by atoms with van der Waals surface area (Å²) in [4.78, 5) is 19.5. The molecule has 1 aliphatic rings. The van der Waals surface area contributed by atoms with E-state index in [4.69, 9.17) is 16.3 Å². The maximum Gasteiger partial charge on any atom is 0.417 e. The highest BCUT2D eigenvalue weighted by molar-refractivity contribution is 6.33. The van der Waals surface area contributed by atoms with Crippen molar-refractivity contribution in [3.05, 3.63) is 52.9 Å². The van der Waals surface area contributed by atoms with Gasteiger partial charge in [-0.25, -0.2) is 14.2 Å². The fourth-order valence-corrected chi connectivity index (χ4v) is 3.35. The van der Waals surface area contributed by atoms with E-state index in [1.54, 1.807) is 21.9 Å². The summed E-state index contributed by atoms with van der Waals surface area (Å²) in [6.07, 6.45) is -3.25. The summed E-state index contributed by atoms with van der Waals surface area (Å²) in [7, 11) is 0. The van der Waals surface area contributed by atoms with Gasteiger partial charge in [0.25, 0.3) is 0 Å². The number of carbonyl (C=O) groups is 1. The highest BCUT2D eigenvalue weighted by Crippen LogP contribution is 2.33. The van der Waals surface area contributed by atoms with Gasteiger partial charge in [-0.3, -0.25) is 0 Å². The second-order valence-corrected chi connectivity index (χ2v) is 7.27. The third-order valence-electron chi connectivity index (χ3n) is 4.71. The van der Waals surface area contributed by atoms with Crippen molar-refractivity contribution in [1.82, 2.24) is 15.2 Å². The lowest BCUT2D eigenvalue weighted by Crippen LogP contribution is -2.52. The van der Waals surface area contributed by atoms with Crippen LogP contribution in [0.1, 0.15) is 12.0 Å². The number of benzene rings is 1. The van der Waals surface area contributed by atoms with Crippen LogP contribution >= 0.6 is 11.6 Å². The van der Waals surface area contributed by atoms with Crippen LogP contribution in [0.3, 0.4) is 0 Å². The monoisotopic (exact) mass is 460 g/mol. The molecule has 2 amide bonds. The zero-order valence-corrected chi connectivity index (χ0v) is 17.2. The number of ether oxygens (including phenoxy) is 1. The van der Waals surface area contributed by atoms with Crippen LogP contribution in [0.25, 0.3) is 0 Å². The molecule has 0 radical (unpaired) electrons. The number of para-hydroxylation sites is 1. The van der Waals surface area contributed by atoms with Crippen molar-refractivity contribution in [3.63, 3.8) is 0 Å². The molecule has 0 saturated carbocycles. The molecule has 2 aromatic rings. The third kappa shape index (κ3) is 6.13. The molecule has 0 spiro atoms. The number of rotatable bonds is 6. The van der Waals surface area contributed by atoms with Crippen LogP contribution in [-0.4, -0.2) is 55.2 Å². The maximum absolute atomic E-state index is 13.5. The number of anilines is 1. The van der Waals surface area contributed by atoms with Crippen molar-refractivity contribution in [3.8, 4) is 5.75 Å². The number of carbonyl (C=O) groups excluding carboxylic acids is 1. The Balaban J connectivity index is 1.40. The van der Waals surface area contributed by atoms with E-state index in [2.05, 4.69) is 10.3 Å². The molecule has 1 fully saturated rings. The molecule has 1 aromatic heterocycles. The molecule has 0 unspecified atom stereocenters. The predicted molar refractivity (Wildman–Crippen MR) is 108 cm³/mol. The van der Waals surface area contributed by atoms with Gasteiger partial charge >= 0.3 is 12.2 Å². The summed E-state index contributed by atoms with van der Waals surface area (Å²) in [6, 6.07) is 6.69. The van der Waals surface area contributed by atoms with Crippen molar-refractivity contribution >= 4 is 23.4 Å². The summed E-state index contributed by atoms with van der Waals surface area (Å²) < 4.78 is 57.0. The van der Waals surface area contributed by atoms with Gasteiger partial charge in [-0.1, -0.05) is 23.7 Å². The number of amides is 2. The molecule has 1 N–H and O–H groups in total. The summed E-state index contributed by atoms with van der Waals surface area (Å²) >= 11 is 5.99. The molecule has 2 heterocycles. The largest absolute Gasteiger partial charge is 0.490 e. The Morgan fingerprint density at radius 2 is 1.90 bits per heavy atom. The van der Waals surface area contributed by atoms with Gasteiger partial charge in [0, 0.05) is 38.9 Å². The van der Waals surface area contributed by atoms with E-state index in [-0.39, 0.29) is 29.2 Å². The average molecular weight is 461 g/mol. The van der Waals surface area contributed by atoms with Gasteiger partial charge in [-0.15, -0.1) is 0 Å². The maximum atomic E-state index is 13.5. The summed E-state index contributed by atoms with van der Waals surface area (Å²) in [5, 5.41) is 2.69. The minimum absolute atomic E-state index is 0.0809. The Hall–Kier alpha value is -2.75. The molecule has 168 valence electrons. The first-order valence-corrected chi connectivity index (χ1v) is 10.0. The van der Waals surface area contributed by atoms with Gasteiger partial charge in [0.1, 0.15) is 5.82 Å². The number of alkyl halides is 3. The van der Waals surface area contributed by atoms with Gasteiger partial charge in [-0.2, -0.15) is 13.2 Å². The number of aromatic nitrogens is 1. The standard InChI is InChI=1S/C20H21ClF4N4O2/c21-15-12-14(20(23,24)25)13-27-18(15)28-7-9-29(10-8-28)19(30)26-6-3-11-31-17-5-2-1-4-16(17)22/h1-2,4-5,12-13H,3,6-11H2,(H,26,30). The zero-order valence-electron chi connectivity index (χ0n) is 16.5. The Kier molecular flexibility index (Phi) is 7.42. The first kappa shape index (κ1) is 22.9. The minimum Gasteiger partial charge on any atom is -0.490 e. The molecule has 31 heavy (non-hydrogen) atoms.